The lowest BCUT2D eigenvalue weighted by atomic mass is 9.82. The van der Waals surface area contributed by atoms with Gasteiger partial charge in [0.2, 0.25) is 0 Å². The van der Waals surface area contributed by atoms with Crippen molar-refractivity contribution in [3.8, 4) is 0 Å². The quantitative estimate of drug-likeness (QED) is 0.567. The number of rotatable bonds is 7. The van der Waals surface area contributed by atoms with E-state index in [0.29, 0.717) is 18.6 Å². The van der Waals surface area contributed by atoms with E-state index < -0.39 is 19.9 Å². The molecule has 27 heavy (non-hydrogen) atoms. The van der Waals surface area contributed by atoms with Crippen molar-refractivity contribution in [3.05, 3.63) is 0 Å². The SMILES string of the molecule is CNC[C@H](CC1CCC(O[Si](C)(C)C(C)(C)C)CC1)N(C(=O)O)C(C)(C)C. The molecule has 0 aromatic heterocycles. The van der Waals surface area contributed by atoms with Gasteiger partial charge in [0.25, 0.3) is 0 Å². The summed E-state index contributed by atoms with van der Waals surface area (Å²) in [5.74, 6) is 0.576. The summed E-state index contributed by atoms with van der Waals surface area (Å²) in [4.78, 5) is 13.5. The van der Waals surface area contributed by atoms with Crippen LogP contribution in [-0.2, 0) is 4.43 Å². The highest BCUT2D eigenvalue weighted by atomic mass is 28.4. The minimum Gasteiger partial charge on any atom is -0.465 e. The molecule has 0 heterocycles. The Balaban J connectivity index is 2.69. The molecule has 0 radical (unpaired) electrons. The van der Waals surface area contributed by atoms with Crippen molar-refractivity contribution in [1.29, 1.82) is 0 Å². The van der Waals surface area contributed by atoms with Crippen LogP contribution in [0.1, 0.15) is 73.6 Å². The summed E-state index contributed by atoms with van der Waals surface area (Å²) in [6.07, 6.45) is 4.96. The molecule has 0 saturated heterocycles. The molecule has 0 aliphatic heterocycles. The predicted octanol–water partition coefficient (Wildman–Crippen LogP) is 5.32. The second-order valence-corrected chi connectivity index (χ2v) is 15.5. The first-order chi connectivity index (χ1) is 12.2. The Kier molecular flexibility index (Phi) is 8.39. The third kappa shape index (κ3) is 7.06. The Morgan fingerprint density at radius 2 is 1.67 bits per heavy atom. The molecule has 0 aromatic carbocycles. The third-order valence-electron chi connectivity index (χ3n) is 6.40. The van der Waals surface area contributed by atoms with Crippen LogP contribution in [0.2, 0.25) is 18.1 Å². The summed E-state index contributed by atoms with van der Waals surface area (Å²) in [6, 6.07) is 0.00959. The smallest absolute Gasteiger partial charge is 0.408 e. The average Bonchev–Trinajstić information content (AvgIpc) is 2.46. The van der Waals surface area contributed by atoms with Gasteiger partial charge in [-0.2, -0.15) is 0 Å². The molecular weight excluding hydrogens is 356 g/mol. The highest BCUT2D eigenvalue weighted by molar-refractivity contribution is 6.74. The topological polar surface area (TPSA) is 61.8 Å². The number of hydrogen-bond acceptors (Lipinski definition) is 3. The molecule has 2 N–H and O–H groups in total. The van der Waals surface area contributed by atoms with Crippen LogP contribution in [0, 0.1) is 5.92 Å². The minimum absolute atomic E-state index is 0.00959. The normalized spacial score (nSPS) is 23.1. The van der Waals surface area contributed by atoms with E-state index in [2.05, 4.69) is 39.2 Å². The molecule has 0 bridgehead atoms. The fourth-order valence-corrected chi connectivity index (χ4v) is 5.39. The minimum atomic E-state index is -1.71. The molecule has 5 nitrogen and oxygen atoms in total. The molecule has 1 aliphatic carbocycles. The van der Waals surface area contributed by atoms with Crippen LogP contribution < -0.4 is 5.32 Å². The predicted molar refractivity (Wildman–Crippen MR) is 116 cm³/mol. The van der Waals surface area contributed by atoms with E-state index in [4.69, 9.17) is 4.43 Å². The van der Waals surface area contributed by atoms with Crippen LogP contribution in [0.25, 0.3) is 0 Å². The lowest BCUT2D eigenvalue weighted by molar-refractivity contribution is 0.0516. The van der Waals surface area contributed by atoms with Gasteiger partial charge in [0.1, 0.15) is 0 Å². The fraction of sp³-hybridized carbons (Fsp3) is 0.952. The van der Waals surface area contributed by atoms with E-state index >= 15 is 0 Å². The van der Waals surface area contributed by atoms with Crippen LogP contribution >= 0.6 is 0 Å². The number of amides is 1. The Hall–Kier alpha value is -0.593. The summed E-state index contributed by atoms with van der Waals surface area (Å²) in [6.45, 7) is 18.2. The highest BCUT2D eigenvalue weighted by Crippen LogP contribution is 2.40. The molecular formula is C21H44N2O3Si. The standard InChI is InChI=1S/C21H44N2O3Si/c1-20(2,3)23(19(24)25)17(15-22-7)14-16-10-12-18(13-11-16)26-27(8,9)21(4,5)6/h16-18,22H,10-15H2,1-9H3,(H,24,25)/t16?,17-,18?/m0/s1. The van der Waals surface area contributed by atoms with Crippen molar-refractivity contribution < 1.29 is 14.3 Å². The first kappa shape index (κ1) is 24.4. The van der Waals surface area contributed by atoms with Crippen molar-refractivity contribution in [3.63, 3.8) is 0 Å². The van der Waals surface area contributed by atoms with Crippen molar-refractivity contribution >= 4 is 14.4 Å². The maximum absolute atomic E-state index is 11.9. The molecule has 1 atom stereocenters. The largest absolute Gasteiger partial charge is 0.465 e. The van der Waals surface area contributed by atoms with Crippen molar-refractivity contribution in [1.82, 2.24) is 10.2 Å². The summed E-state index contributed by atoms with van der Waals surface area (Å²) < 4.78 is 6.61. The van der Waals surface area contributed by atoms with Crippen LogP contribution in [0.5, 0.6) is 0 Å². The first-order valence-corrected chi connectivity index (χ1v) is 13.4. The summed E-state index contributed by atoms with van der Waals surface area (Å²) in [7, 11) is 0.190. The zero-order chi connectivity index (χ0) is 21.0. The molecule has 1 amide bonds. The number of likely N-dealkylation sites (N-methyl/N-ethyl adjacent to an activating group) is 1. The van der Waals surface area contributed by atoms with Gasteiger partial charge in [0.05, 0.1) is 0 Å². The second kappa shape index (κ2) is 9.27. The molecule has 1 fully saturated rings. The first-order valence-electron chi connectivity index (χ1n) is 10.5. The van der Waals surface area contributed by atoms with Crippen molar-refractivity contribution in [2.75, 3.05) is 13.6 Å². The van der Waals surface area contributed by atoms with Gasteiger partial charge < -0.3 is 14.8 Å². The Morgan fingerprint density at radius 1 is 1.15 bits per heavy atom. The maximum atomic E-state index is 11.9. The number of nitrogens with one attached hydrogen (secondary N) is 1. The number of carbonyl (C=O) groups is 1. The summed E-state index contributed by atoms with van der Waals surface area (Å²) in [5.41, 5.74) is -0.393. The van der Waals surface area contributed by atoms with Gasteiger partial charge in [-0.3, -0.25) is 4.90 Å². The van der Waals surface area contributed by atoms with Gasteiger partial charge in [-0.1, -0.05) is 20.8 Å². The van der Waals surface area contributed by atoms with Gasteiger partial charge in [-0.05, 0) is 84.0 Å². The Bertz CT molecular complexity index is 475. The van der Waals surface area contributed by atoms with E-state index in [1.807, 2.05) is 27.8 Å². The van der Waals surface area contributed by atoms with Gasteiger partial charge in [0.15, 0.2) is 8.32 Å². The molecule has 160 valence electrons. The zero-order valence-corrected chi connectivity index (χ0v) is 20.2. The second-order valence-electron chi connectivity index (χ2n) is 10.8. The van der Waals surface area contributed by atoms with Crippen molar-refractivity contribution in [2.24, 2.45) is 5.92 Å². The summed E-state index contributed by atoms with van der Waals surface area (Å²) >= 11 is 0. The van der Waals surface area contributed by atoms with Gasteiger partial charge in [0, 0.05) is 24.2 Å². The molecule has 0 spiro atoms. The average molecular weight is 401 g/mol. The van der Waals surface area contributed by atoms with E-state index in [0.717, 1.165) is 32.1 Å². The fourth-order valence-electron chi connectivity index (χ4n) is 3.97. The monoisotopic (exact) mass is 400 g/mol. The molecule has 0 aromatic rings. The highest BCUT2D eigenvalue weighted by Gasteiger charge is 2.40. The Morgan fingerprint density at radius 3 is 2.04 bits per heavy atom. The van der Waals surface area contributed by atoms with Gasteiger partial charge in [-0.15, -0.1) is 0 Å². The number of nitrogens with zero attached hydrogens (tertiary/aromatic N) is 1. The molecule has 1 aliphatic rings. The van der Waals surface area contributed by atoms with E-state index in [1.165, 1.54) is 0 Å². The van der Waals surface area contributed by atoms with Gasteiger partial charge >= 0.3 is 6.09 Å². The van der Waals surface area contributed by atoms with E-state index in [-0.39, 0.29) is 11.1 Å². The number of hydrogen-bond donors (Lipinski definition) is 2. The van der Waals surface area contributed by atoms with Crippen LogP contribution in [0.4, 0.5) is 4.79 Å². The summed E-state index contributed by atoms with van der Waals surface area (Å²) in [5, 5.41) is 13.2. The van der Waals surface area contributed by atoms with Crippen LogP contribution in [0.3, 0.4) is 0 Å². The zero-order valence-electron chi connectivity index (χ0n) is 19.2. The maximum Gasteiger partial charge on any atom is 0.408 e. The molecule has 1 rings (SSSR count). The molecule has 1 saturated carbocycles. The number of carboxylic acid groups (broad SMARTS) is 1. The van der Waals surface area contributed by atoms with E-state index in [1.54, 1.807) is 4.90 Å². The lowest BCUT2D eigenvalue weighted by Crippen LogP contribution is -2.54. The lowest BCUT2D eigenvalue weighted by Gasteiger charge is -2.43. The van der Waals surface area contributed by atoms with Crippen LogP contribution in [0.15, 0.2) is 0 Å². The third-order valence-corrected chi connectivity index (χ3v) is 10.9. The van der Waals surface area contributed by atoms with Crippen molar-refractivity contribution in [2.45, 2.75) is 109 Å². The molecule has 0 unspecified atom stereocenters. The van der Waals surface area contributed by atoms with Crippen LogP contribution in [-0.4, -0.2) is 55.7 Å². The van der Waals surface area contributed by atoms with Gasteiger partial charge in [-0.25, -0.2) is 4.79 Å². The Labute approximate surface area is 168 Å². The molecule has 6 heteroatoms. The van der Waals surface area contributed by atoms with E-state index in [9.17, 15) is 9.90 Å².